The van der Waals surface area contributed by atoms with Crippen molar-refractivity contribution >= 4 is 19.7 Å². The molecule has 0 rings (SSSR count). The van der Waals surface area contributed by atoms with Gasteiger partial charge in [-0.3, -0.25) is 18.6 Å². The zero-order valence-electron chi connectivity index (χ0n) is 33.7. The average molecular weight is 768 g/mol. The number of rotatable bonds is 39. The van der Waals surface area contributed by atoms with Gasteiger partial charge in [0.25, 0.3) is 0 Å². The fraction of sp³-hybridized carbons (Fsp3) is 0.767. The summed E-state index contributed by atoms with van der Waals surface area (Å²) in [7, 11) is -4.42. The maximum Gasteiger partial charge on any atom is 0.472 e. The van der Waals surface area contributed by atoms with Gasteiger partial charge in [0.2, 0.25) is 5.91 Å². The van der Waals surface area contributed by atoms with Crippen molar-refractivity contribution in [1.29, 1.82) is 0 Å². The minimum Gasteiger partial charge on any atom is -0.463 e. The highest BCUT2D eigenvalue weighted by Gasteiger charge is 2.23. The fourth-order valence-corrected chi connectivity index (χ4v) is 6.30. The standard InChI is InChI=1S/C43H78NO8P/c1-3-5-7-9-11-13-15-16-17-18-19-20-21-22-23-24-26-27-29-31-33-35-42(46)44-37-38-51-53(48,49)52-40-41(45)39-50-43(47)36-34-32-30-28-25-14-12-10-8-6-4-2/h11,13,16-17,19-20,22-23,41,45H,3-10,12,14-15,18,21,24-40H2,1-2H3,(H,44,46)(H,48,49)/b13-11-,17-16-,20-19-,23-22-. The maximum absolute atomic E-state index is 12.1. The van der Waals surface area contributed by atoms with Gasteiger partial charge in [-0.25, -0.2) is 4.57 Å². The summed E-state index contributed by atoms with van der Waals surface area (Å²) >= 11 is 0. The van der Waals surface area contributed by atoms with Crippen molar-refractivity contribution in [1.82, 2.24) is 5.32 Å². The highest BCUT2D eigenvalue weighted by atomic mass is 31.2. The lowest BCUT2D eigenvalue weighted by molar-refractivity contribution is -0.147. The lowest BCUT2D eigenvalue weighted by atomic mass is 10.1. The first-order valence-corrected chi connectivity index (χ1v) is 22.6. The van der Waals surface area contributed by atoms with Gasteiger partial charge in [-0.2, -0.15) is 0 Å². The molecule has 308 valence electrons. The van der Waals surface area contributed by atoms with Crippen LogP contribution in [0.2, 0.25) is 0 Å². The van der Waals surface area contributed by atoms with Crippen molar-refractivity contribution in [3.8, 4) is 0 Å². The summed E-state index contributed by atoms with van der Waals surface area (Å²) in [5, 5.41) is 12.6. The predicted octanol–water partition coefficient (Wildman–Crippen LogP) is 11.5. The number of amides is 1. The first-order chi connectivity index (χ1) is 25.8. The molecule has 0 aromatic rings. The number of aliphatic hydroxyl groups excluding tert-OH is 1. The van der Waals surface area contributed by atoms with Crippen LogP contribution in [0.5, 0.6) is 0 Å². The van der Waals surface area contributed by atoms with Crippen LogP contribution in [0.15, 0.2) is 48.6 Å². The van der Waals surface area contributed by atoms with Gasteiger partial charge in [0.1, 0.15) is 12.7 Å². The summed E-state index contributed by atoms with van der Waals surface area (Å²) in [6.07, 6.45) is 44.7. The lowest BCUT2D eigenvalue weighted by Gasteiger charge is -2.15. The molecule has 53 heavy (non-hydrogen) atoms. The van der Waals surface area contributed by atoms with Crippen LogP contribution in [-0.4, -0.2) is 54.3 Å². The van der Waals surface area contributed by atoms with Crippen molar-refractivity contribution in [2.75, 3.05) is 26.4 Å². The second-order valence-electron chi connectivity index (χ2n) is 14.0. The molecule has 0 saturated heterocycles. The molecule has 10 heteroatoms. The Balaban J connectivity index is 3.65. The van der Waals surface area contributed by atoms with E-state index in [-0.39, 0.29) is 32.1 Å². The van der Waals surface area contributed by atoms with Crippen LogP contribution in [0.3, 0.4) is 0 Å². The Morgan fingerprint density at radius 3 is 1.57 bits per heavy atom. The Morgan fingerprint density at radius 1 is 0.585 bits per heavy atom. The summed E-state index contributed by atoms with van der Waals surface area (Å²) in [5.74, 6) is -0.536. The van der Waals surface area contributed by atoms with E-state index in [1.807, 2.05) is 0 Å². The molecule has 0 saturated carbocycles. The van der Waals surface area contributed by atoms with Gasteiger partial charge in [0.05, 0.1) is 13.2 Å². The molecule has 2 atom stereocenters. The maximum atomic E-state index is 12.1. The molecule has 0 aromatic carbocycles. The minimum atomic E-state index is -4.42. The molecule has 0 aliphatic heterocycles. The molecular formula is C43H78NO8P. The Labute approximate surface area is 324 Å². The molecular weight excluding hydrogens is 689 g/mol. The predicted molar refractivity (Wildman–Crippen MR) is 220 cm³/mol. The molecule has 0 spiro atoms. The van der Waals surface area contributed by atoms with Crippen molar-refractivity contribution in [3.63, 3.8) is 0 Å². The summed E-state index contributed by atoms with van der Waals surface area (Å²) in [4.78, 5) is 33.8. The summed E-state index contributed by atoms with van der Waals surface area (Å²) in [6, 6.07) is 0. The lowest BCUT2D eigenvalue weighted by Crippen LogP contribution is -2.27. The second-order valence-corrected chi connectivity index (χ2v) is 15.4. The Bertz CT molecular complexity index is 1010. The van der Waals surface area contributed by atoms with E-state index in [1.165, 1.54) is 77.0 Å². The smallest absolute Gasteiger partial charge is 0.463 e. The largest absolute Gasteiger partial charge is 0.472 e. The Morgan fingerprint density at radius 2 is 1.02 bits per heavy atom. The third kappa shape index (κ3) is 41.0. The monoisotopic (exact) mass is 768 g/mol. The average Bonchev–Trinajstić information content (AvgIpc) is 3.14. The zero-order chi connectivity index (χ0) is 38.9. The summed E-state index contributed by atoms with van der Waals surface area (Å²) in [6.45, 7) is 3.48. The molecule has 0 aliphatic rings. The molecule has 0 heterocycles. The number of unbranched alkanes of at least 4 members (excludes halogenated alkanes) is 18. The van der Waals surface area contributed by atoms with Crippen LogP contribution >= 0.6 is 7.82 Å². The quantitative estimate of drug-likeness (QED) is 0.0244. The molecule has 0 radical (unpaired) electrons. The van der Waals surface area contributed by atoms with Crippen LogP contribution in [0.25, 0.3) is 0 Å². The van der Waals surface area contributed by atoms with Crippen LogP contribution in [0.1, 0.15) is 181 Å². The van der Waals surface area contributed by atoms with Gasteiger partial charge in [0.15, 0.2) is 0 Å². The van der Waals surface area contributed by atoms with Gasteiger partial charge < -0.3 is 20.1 Å². The van der Waals surface area contributed by atoms with E-state index in [1.54, 1.807) is 0 Å². The number of ether oxygens (including phenoxy) is 1. The van der Waals surface area contributed by atoms with Gasteiger partial charge in [-0.05, 0) is 57.8 Å². The van der Waals surface area contributed by atoms with E-state index < -0.39 is 26.5 Å². The number of carbonyl (C=O) groups excluding carboxylic acids is 2. The van der Waals surface area contributed by atoms with E-state index >= 15 is 0 Å². The molecule has 0 aliphatic carbocycles. The zero-order valence-corrected chi connectivity index (χ0v) is 34.6. The number of hydrogen-bond donors (Lipinski definition) is 3. The van der Waals surface area contributed by atoms with E-state index in [9.17, 15) is 24.2 Å². The van der Waals surface area contributed by atoms with E-state index in [0.717, 1.165) is 77.0 Å². The topological polar surface area (TPSA) is 131 Å². The van der Waals surface area contributed by atoms with Crippen LogP contribution in [0, 0.1) is 0 Å². The Kier molecular flexibility index (Phi) is 38.1. The Hall–Kier alpha value is -2.03. The number of phosphoric ester groups is 1. The third-order valence-electron chi connectivity index (χ3n) is 8.76. The van der Waals surface area contributed by atoms with Crippen molar-refractivity contribution in [2.24, 2.45) is 0 Å². The fourth-order valence-electron chi connectivity index (χ4n) is 5.54. The van der Waals surface area contributed by atoms with Gasteiger partial charge >= 0.3 is 13.8 Å². The number of aliphatic hydroxyl groups is 1. The first-order valence-electron chi connectivity index (χ1n) is 21.1. The van der Waals surface area contributed by atoms with Crippen molar-refractivity contribution in [2.45, 2.75) is 187 Å². The molecule has 3 N–H and O–H groups in total. The SMILES string of the molecule is CCCCC/C=C\C/C=C\C/C=C\C/C=C\CCCCCCCC(=O)NCCOP(=O)(O)OCC(O)COC(=O)CCCCCCCCCCCCC. The molecule has 0 bridgehead atoms. The number of phosphoric acid groups is 1. The van der Waals surface area contributed by atoms with Gasteiger partial charge in [0, 0.05) is 19.4 Å². The molecule has 0 fully saturated rings. The molecule has 0 aromatic heterocycles. The first kappa shape index (κ1) is 51.0. The van der Waals surface area contributed by atoms with E-state index in [0.29, 0.717) is 6.42 Å². The molecule has 2 unspecified atom stereocenters. The number of allylic oxidation sites excluding steroid dienone is 8. The van der Waals surface area contributed by atoms with Gasteiger partial charge in [-0.15, -0.1) is 0 Å². The van der Waals surface area contributed by atoms with Crippen LogP contribution < -0.4 is 5.32 Å². The number of esters is 1. The van der Waals surface area contributed by atoms with Crippen LogP contribution in [-0.2, 0) is 27.9 Å². The minimum absolute atomic E-state index is 0.0705. The summed E-state index contributed by atoms with van der Waals surface area (Å²) < 4.78 is 26.8. The summed E-state index contributed by atoms with van der Waals surface area (Å²) in [5.41, 5.74) is 0. The number of hydrogen-bond acceptors (Lipinski definition) is 7. The van der Waals surface area contributed by atoms with Crippen LogP contribution in [0.4, 0.5) is 0 Å². The molecule has 1 amide bonds. The highest BCUT2D eigenvalue weighted by molar-refractivity contribution is 7.47. The van der Waals surface area contributed by atoms with Crippen molar-refractivity contribution < 1.29 is 37.9 Å². The van der Waals surface area contributed by atoms with Gasteiger partial charge in [-0.1, -0.05) is 159 Å². The van der Waals surface area contributed by atoms with E-state index in [4.69, 9.17) is 13.8 Å². The number of carbonyl (C=O) groups is 2. The highest BCUT2D eigenvalue weighted by Crippen LogP contribution is 2.42. The normalized spacial score (nSPS) is 13.8. The third-order valence-corrected chi connectivity index (χ3v) is 9.75. The second kappa shape index (κ2) is 39.7. The molecule has 9 nitrogen and oxygen atoms in total. The van der Waals surface area contributed by atoms with Crippen molar-refractivity contribution in [3.05, 3.63) is 48.6 Å². The van der Waals surface area contributed by atoms with E-state index in [2.05, 4.69) is 67.8 Å². The number of nitrogens with one attached hydrogen (secondary N) is 1.